The number of hydrogen-bond acceptors (Lipinski definition) is 5. The number of hydrogen-bond donors (Lipinski definition) is 2. The Balaban J connectivity index is 2.04. The monoisotopic (exact) mass is 351 g/mol. The molecular formula is C20H25N5O. The van der Waals surface area contributed by atoms with Gasteiger partial charge in [-0.05, 0) is 57.2 Å². The Morgan fingerprint density at radius 1 is 1.27 bits per heavy atom. The molecule has 0 aliphatic carbocycles. The Morgan fingerprint density at radius 2 is 1.96 bits per heavy atom. The van der Waals surface area contributed by atoms with E-state index in [9.17, 15) is 4.79 Å². The number of carbonyl (C=O) groups is 1. The zero-order chi connectivity index (χ0) is 18.9. The zero-order valence-corrected chi connectivity index (χ0v) is 15.7. The van der Waals surface area contributed by atoms with Crippen LogP contribution in [-0.4, -0.2) is 28.6 Å². The van der Waals surface area contributed by atoms with Crippen molar-refractivity contribution in [3.63, 3.8) is 0 Å². The first-order valence-corrected chi connectivity index (χ1v) is 8.79. The lowest BCUT2D eigenvalue weighted by molar-refractivity contribution is -0.122. The molecule has 2 aromatic rings. The molecule has 1 unspecified atom stereocenters. The molecule has 0 fully saturated rings. The van der Waals surface area contributed by atoms with Gasteiger partial charge in [0.15, 0.2) is 0 Å². The third-order valence-electron chi connectivity index (χ3n) is 4.71. The second-order valence-electron chi connectivity index (χ2n) is 6.96. The van der Waals surface area contributed by atoms with Gasteiger partial charge in [0.2, 0.25) is 5.91 Å². The molecule has 2 heterocycles. The maximum atomic E-state index is 13.0. The minimum absolute atomic E-state index is 0.00143. The average Bonchev–Trinajstić information content (AvgIpc) is 2.82. The topological polar surface area (TPSA) is 84.1 Å². The van der Waals surface area contributed by atoms with E-state index in [0.717, 1.165) is 34.7 Å². The van der Waals surface area contributed by atoms with E-state index in [1.54, 1.807) is 29.6 Å². The number of nitrogens with two attached hydrogens (primary N) is 1. The highest BCUT2D eigenvalue weighted by molar-refractivity contribution is 6.08. The van der Waals surface area contributed by atoms with Crippen LogP contribution in [0.3, 0.4) is 0 Å². The van der Waals surface area contributed by atoms with Crippen LogP contribution in [0.25, 0.3) is 11.1 Å². The molecule has 3 N–H and O–H groups in total. The van der Waals surface area contributed by atoms with Crippen molar-refractivity contribution in [2.45, 2.75) is 39.3 Å². The van der Waals surface area contributed by atoms with Gasteiger partial charge in [-0.25, -0.2) is 9.97 Å². The summed E-state index contributed by atoms with van der Waals surface area (Å²) >= 11 is 0. The number of fused-ring (bicyclic) bond motifs is 1. The van der Waals surface area contributed by atoms with Crippen molar-refractivity contribution in [1.29, 1.82) is 0 Å². The van der Waals surface area contributed by atoms with Gasteiger partial charge in [0.25, 0.3) is 0 Å². The maximum Gasteiger partial charge on any atom is 0.238 e. The van der Waals surface area contributed by atoms with Gasteiger partial charge in [0.05, 0.1) is 11.1 Å². The first kappa shape index (κ1) is 18.1. The minimum atomic E-state index is -0.610. The van der Waals surface area contributed by atoms with Gasteiger partial charge in [0, 0.05) is 24.5 Å². The number of aryl methyl sites for hydroxylation is 1. The molecule has 0 saturated carbocycles. The summed E-state index contributed by atoms with van der Waals surface area (Å²) in [6.45, 7) is 8.53. The number of amides is 1. The molecule has 1 atom stereocenters. The summed E-state index contributed by atoms with van der Waals surface area (Å²) in [5, 5.41) is 3.09. The summed E-state index contributed by atoms with van der Waals surface area (Å²) in [5.74, 6) is 0.724. The van der Waals surface area contributed by atoms with E-state index in [-0.39, 0.29) is 5.91 Å². The van der Waals surface area contributed by atoms with Crippen molar-refractivity contribution in [2.24, 2.45) is 5.73 Å². The van der Waals surface area contributed by atoms with E-state index in [4.69, 9.17) is 5.73 Å². The largest absolute Gasteiger partial charge is 0.391 e. The second kappa shape index (κ2) is 6.88. The molecule has 6 nitrogen and oxygen atoms in total. The van der Waals surface area contributed by atoms with Crippen LogP contribution in [-0.2, 0) is 10.2 Å². The van der Waals surface area contributed by atoms with Gasteiger partial charge in [-0.3, -0.25) is 9.69 Å². The van der Waals surface area contributed by atoms with Crippen LogP contribution >= 0.6 is 0 Å². The average molecular weight is 351 g/mol. The summed E-state index contributed by atoms with van der Waals surface area (Å²) in [7, 11) is 0. The van der Waals surface area contributed by atoms with E-state index in [0.29, 0.717) is 0 Å². The molecule has 26 heavy (non-hydrogen) atoms. The van der Waals surface area contributed by atoms with E-state index >= 15 is 0 Å². The van der Waals surface area contributed by atoms with Crippen molar-refractivity contribution in [3.8, 4) is 11.1 Å². The highest BCUT2D eigenvalue weighted by Gasteiger charge is 2.45. The standard InChI is InChI=1S/C20H25N5O/c1-5-22-9-8-18(21)25-17-10-14(15-11-23-13(2)24-12-15)6-7-16(17)20(3,4)19(25)26/h6-12,18,22H,5,21H2,1-4H3/b9-8-. The molecule has 1 aromatic carbocycles. The molecule has 0 saturated heterocycles. The van der Waals surface area contributed by atoms with Crippen LogP contribution in [0.1, 0.15) is 32.2 Å². The van der Waals surface area contributed by atoms with Crippen molar-refractivity contribution < 1.29 is 4.79 Å². The van der Waals surface area contributed by atoms with E-state index in [1.807, 2.05) is 45.9 Å². The SMILES string of the molecule is CCN/C=C\C(N)N1C(=O)C(C)(C)c2ccc(-c3cnc(C)nc3)cc21. The highest BCUT2D eigenvalue weighted by atomic mass is 16.2. The lowest BCUT2D eigenvalue weighted by Gasteiger charge is -2.24. The Morgan fingerprint density at radius 3 is 2.62 bits per heavy atom. The van der Waals surface area contributed by atoms with Crippen LogP contribution in [0.5, 0.6) is 0 Å². The molecule has 6 heteroatoms. The van der Waals surface area contributed by atoms with Crippen LogP contribution in [0.4, 0.5) is 5.69 Å². The van der Waals surface area contributed by atoms with E-state index < -0.39 is 11.6 Å². The lowest BCUT2D eigenvalue weighted by atomic mass is 9.85. The summed E-state index contributed by atoms with van der Waals surface area (Å²) in [6.07, 6.45) is 6.64. The summed E-state index contributed by atoms with van der Waals surface area (Å²) in [4.78, 5) is 23.2. The fourth-order valence-electron chi connectivity index (χ4n) is 3.17. The number of carbonyl (C=O) groups excluding carboxylic acids is 1. The molecule has 0 bridgehead atoms. The summed E-state index contributed by atoms with van der Waals surface area (Å²) < 4.78 is 0. The van der Waals surface area contributed by atoms with Crippen molar-refractivity contribution >= 4 is 11.6 Å². The van der Waals surface area contributed by atoms with Crippen LogP contribution in [0.15, 0.2) is 42.9 Å². The fraction of sp³-hybridized carbons (Fsp3) is 0.350. The number of aromatic nitrogens is 2. The highest BCUT2D eigenvalue weighted by Crippen LogP contribution is 2.43. The molecule has 1 aromatic heterocycles. The number of rotatable bonds is 5. The first-order chi connectivity index (χ1) is 12.4. The second-order valence-corrected chi connectivity index (χ2v) is 6.96. The Labute approximate surface area is 154 Å². The van der Waals surface area contributed by atoms with Crippen LogP contribution in [0.2, 0.25) is 0 Å². The molecule has 1 aliphatic rings. The van der Waals surface area contributed by atoms with Crippen LogP contribution < -0.4 is 16.0 Å². The van der Waals surface area contributed by atoms with Gasteiger partial charge >= 0.3 is 0 Å². The van der Waals surface area contributed by atoms with Gasteiger partial charge in [0.1, 0.15) is 12.0 Å². The zero-order valence-electron chi connectivity index (χ0n) is 15.7. The molecular weight excluding hydrogens is 326 g/mol. The van der Waals surface area contributed by atoms with Gasteiger partial charge in [-0.1, -0.05) is 12.1 Å². The fourth-order valence-corrected chi connectivity index (χ4v) is 3.17. The smallest absolute Gasteiger partial charge is 0.238 e. The third-order valence-corrected chi connectivity index (χ3v) is 4.71. The van der Waals surface area contributed by atoms with Gasteiger partial charge in [-0.2, -0.15) is 0 Å². The summed E-state index contributed by atoms with van der Waals surface area (Å²) in [5.41, 5.74) is 9.39. The minimum Gasteiger partial charge on any atom is -0.391 e. The molecule has 1 amide bonds. The Hall–Kier alpha value is -2.73. The van der Waals surface area contributed by atoms with E-state index in [1.165, 1.54) is 0 Å². The van der Waals surface area contributed by atoms with Crippen molar-refractivity contribution in [2.75, 3.05) is 11.4 Å². The Kier molecular flexibility index (Phi) is 4.78. The van der Waals surface area contributed by atoms with Crippen molar-refractivity contribution in [1.82, 2.24) is 15.3 Å². The molecule has 3 rings (SSSR count). The molecule has 0 radical (unpaired) electrons. The summed E-state index contributed by atoms with van der Waals surface area (Å²) in [6, 6.07) is 6.01. The number of nitrogens with one attached hydrogen (secondary N) is 1. The molecule has 1 aliphatic heterocycles. The third kappa shape index (κ3) is 3.08. The quantitative estimate of drug-likeness (QED) is 0.864. The predicted octanol–water partition coefficient (Wildman–Crippen LogP) is 2.48. The van der Waals surface area contributed by atoms with Gasteiger partial charge in [-0.15, -0.1) is 0 Å². The normalized spacial score (nSPS) is 16.8. The van der Waals surface area contributed by atoms with Crippen molar-refractivity contribution in [3.05, 3.63) is 54.3 Å². The van der Waals surface area contributed by atoms with Gasteiger partial charge < -0.3 is 11.1 Å². The van der Waals surface area contributed by atoms with Crippen LogP contribution in [0, 0.1) is 6.92 Å². The number of anilines is 1. The molecule has 136 valence electrons. The molecule has 0 spiro atoms. The van der Waals surface area contributed by atoms with E-state index in [2.05, 4.69) is 15.3 Å². The number of nitrogens with zero attached hydrogens (tertiary/aromatic N) is 3. The first-order valence-electron chi connectivity index (χ1n) is 8.79. The number of benzene rings is 1. The Bertz CT molecular complexity index is 842. The maximum absolute atomic E-state index is 13.0. The lowest BCUT2D eigenvalue weighted by Crippen LogP contribution is -2.46. The predicted molar refractivity (Wildman–Crippen MR) is 104 cm³/mol.